The molecule has 0 aliphatic carbocycles. The van der Waals surface area contributed by atoms with Gasteiger partial charge in [-0.15, -0.1) is 0 Å². The van der Waals surface area contributed by atoms with Crippen molar-refractivity contribution >= 4 is 28.8 Å². The van der Waals surface area contributed by atoms with Gasteiger partial charge in [0.1, 0.15) is 17.2 Å². The van der Waals surface area contributed by atoms with E-state index < -0.39 is 5.91 Å². The molecule has 0 saturated heterocycles. The minimum Gasteiger partial charge on any atom is -0.497 e. The van der Waals surface area contributed by atoms with E-state index in [1.807, 2.05) is 37.3 Å². The molecule has 0 fully saturated rings. The van der Waals surface area contributed by atoms with Crippen LogP contribution in [0.3, 0.4) is 0 Å². The quantitative estimate of drug-likeness (QED) is 0.605. The summed E-state index contributed by atoms with van der Waals surface area (Å²) in [6, 6.07) is 21.6. The summed E-state index contributed by atoms with van der Waals surface area (Å²) < 4.78 is 10.7. The lowest BCUT2D eigenvalue weighted by Crippen LogP contribution is -2.32. The van der Waals surface area contributed by atoms with Crippen LogP contribution in [0.25, 0.3) is 5.57 Å². The van der Waals surface area contributed by atoms with Gasteiger partial charge in [-0.05, 0) is 36.8 Å². The number of ether oxygens (including phenoxy) is 2. The molecule has 4 rings (SSSR count). The monoisotopic (exact) mass is 414 g/mol. The molecule has 3 aromatic rings. The van der Waals surface area contributed by atoms with E-state index in [9.17, 15) is 9.59 Å². The molecule has 1 aliphatic rings. The second-order valence-corrected chi connectivity index (χ2v) is 7.09. The number of amides is 2. The first kappa shape index (κ1) is 20.2. The standard InChI is InChI=1S/C25H22N2O4/c1-16-9-11-17(12-10-16)22-23(26-20-15-19(30-2)13-14-21(20)31-3)25(29)27(24(22)28)18-7-5-4-6-8-18/h4-15,26H,1-3H3. The van der Waals surface area contributed by atoms with Crippen LogP contribution < -0.4 is 19.7 Å². The Morgan fingerprint density at radius 1 is 0.806 bits per heavy atom. The molecular formula is C25H22N2O4. The van der Waals surface area contributed by atoms with Crippen LogP contribution >= 0.6 is 0 Å². The second kappa shape index (κ2) is 8.36. The zero-order valence-electron chi connectivity index (χ0n) is 17.5. The highest BCUT2D eigenvalue weighted by Gasteiger charge is 2.40. The van der Waals surface area contributed by atoms with Gasteiger partial charge in [-0.25, -0.2) is 4.90 Å². The number of carbonyl (C=O) groups excluding carboxylic acids is 2. The third-order valence-electron chi connectivity index (χ3n) is 5.10. The molecule has 156 valence electrons. The summed E-state index contributed by atoms with van der Waals surface area (Å²) in [4.78, 5) is 28.1. The fourth-order valence-corrected chi connectivity index (χ4v) is 3.49. The molecular weight excluding hydrogens is 392 g/mol. The first-order chi connectivity index (χ1) is 15.0. The number of aryl methyl sites for hydroxylation is 1. The van der Waals surface area contributed by atoms with Crippen LogP contribution in [0.5, 0.6) is 11.5 Å². The molecule has 0 unspecified atom stereocenters. The maximum Gasteiger partial charge on any atom is 0.282 e. The number of methoxy groups -OCH3 is 2. The van der Waals surface area contributed by atoms with Crippen molar-refractivity contribution < 1.29 is 19.1 Å². The van der Waals surface area contributed by atoms with Crippen molar-refractivity contribution in [3.05, 3.63) is 89.6 Å². The largest absolute Gasteiger partial charge is 0.497 e. The first-order valence-electron chi connectivity index (χ1n) is 9.77. The van der Waals surface area contributed by atoms with Crippen LogP contribution in [0.15, 0.2) is 78.5 Å². The molecule has 6 nitrogen and oxygen atoms in total. The topological polar surface area (TPSA) is 67.9 Å². The molecule has 0 aromatic heterocycles. The van der Waals surface area contributed by atoms with Crippen LogP contribution in [0, 0.1) is 6.92 Å². The van der Waals surface area contributed by atoms with E-state index in [-0.39, 0.29) is 11.6 Å². The van der Waals surface area contributed by atoms with Crippen LogP contribution in [0.1, 0.15) is 11.1 Å². The van der Waals surface area contributed by atoms with E-state index >= 15 is 0 Å². The number of hydrogen-bond acceptors (Lipinski definition) is 5. The smallest absolute Gasteiger partial charge is 0.282 e. The molecule has 2 amide bonds. The third-order valence-corrected chi connectivity index (χ3v) is 5.10. The number of para-hydroxylation sites is 1. The van der Waals surface area contributed by atoms with E-state index in [0.29, 0.717) is 34.0 Å². The summed E-state index contributed by atoms with van der Waals surface area (Å²) in [5.74, 6) is 0.300. The third kappa shape index (κ3) is 3.75. The highest BCUT2D eigenvalue weighted by atomic mass is 16.5. The van der Waals surface area contributed by atoms with Gasteiger partial charge in [0.25, 0.3) is 11.8 Å². The maximum atomic E-state index is 13.4. The van der Waals surface area contributed by atoms with E-state index in [0.717, 1.165) is 5.56 Å². The fraction of sp³-hybridized carbons (Fsp3) is 0.120. The van der Waals surface area contributed by atoms with Crippen LogP contribution in [0.4, 0.5) is 11.4 Å². The number of carbonyl (C=O) groups is 2. The summed E-state index contributed by atoms with van der Waals surface area (Å²) in [6.07, 6.45) is 0. The number of anilines is 2. The second-order valence-electron chi connectivity index (χ2n) is 7.09. The van der Waals surface area contributed by atoms with Crippen molar-refractivity contribution in [1.82, 2.24) is 0 Å². The van der Waals surface area contributed by atoms with Crippen LogP contribution in [-0.2, 0) is 9.59 Å². The Kier molecular flexibility index (Phi) is 5.45. The Morgan fingerprint density at radius 3 is 2.16 bits per heavy atom. The van der Waals surface area contributed by atoms with Gasteiger partial charge < -0.3 is 14.8 Å². The van der Waals surface area contributed by atoms with Gasteiger partial charge in [0.15, 0.2) is 0 Å². The molecule has 1 N–H and O–H groups in total. The van der Waals surface area contributed by atoms with Crippen molar-refractivity contribution in [3.63, 3.8) is 0 Å². The number of imide groups is 1. The molecule has 31 heavy (non-hydrogen) atoms. The fourth-order valence-electron chi connectivity index (χ4n) is 3.49. The molecule has 0 spiro atoms. The lowest BCUT2D eigenvalue weighted by Gasteiger charge is -2.16. The van der Waals surface area contributed by atoms with Crippen molar-refractivity contribution in [2.75, 3.05) is 24.4 Å². The SMILES string of the molecule is COc1ccc(OC)c(NC2=C(c3ccc(C)cc3)C(=O)N(c3ccccc3)C2=O)c1. The van der Waals surface area contributed by atoms with E-state index in [4.69, 9.17) is 9.47 Å². The van der Waals surface area contributed by atoms with Crippen molar-refractivity contribution in [2.24, 2.45) is 0 Å². The molecule has 0 saturated carbocycles. The zero-order valence-corrected chi connectivity index (χ0v) is 17.5. The van der Waals surface area contributed by atoms with Gasteiger partial charge in [-0.2, -0.15) is 0 Å². The molecule has 1 aliphatic heterocycles. The van der Waals surface area contributed by atoms with Gasteiger partial charge in [-0.3, -0.25) is 9.59 Å². The maximum absolute atomic E-state index is 13.4. The zero-order chi connectivity index (χ0) is 22.0. The number of hydrogen-bond donors (Lipinski definition) is 1. The normalized spacial score (nSPS) is 13.6. The molecule has 0 atom stereocenters. The summed E-state index contributed by atoms with van der Waals surface area (Å²) in [5, 5.41) is 3.14. The van der Waals surface area contributed by atoms with Crippen molar-refractivity contribution in [1.29, 1.82) is 0 Å². The highest BCUT2D eigenvalue weighted by molar-refractivity contribution is 6.46. The first-order valence-corrected chi connectivity index (χ1v) is 9.77. The van der Waals surface area contributed by atoms with Gasteiger partial charge in [0.05, 0.1) is 31.2 Å². The van der Waals surface area contributed by atoms with Gasteiger partial charge >= 0.3 is 0 Å². The molecule has 0 radical (unpaired) electrons. The minimum absolute atomic E-state index is 0.184. The van der Waals surface area contributed by atoms with E-state index in [2.05, 4.69) is 5.32 Å². The van der Waals surface area contributed by atoms with E-state index in [1.54, 1.807) is 56.7 Å². The Morgan fingerprint density at radius 2 is 1.52 bits per heavy atom. The van der Waals surface area contributed by atoms with Gasteiger partial charge in [0.2, 0.25) is 0 Å². The van der Waals surface area contributed by atoms with E-state index in [1.165, 1.54) is 4.90 Å². The Hall–Kier alpha value is -4.06. The Balaban J connectivity index is 1.85. The van der Waals surface area contributed by atoms with Crippen LogP contribution in [0.2, 0.25) is 0 Å². The summed E-state index contributed by atoms with van der Waals surface area (Å²) in [6.45, 7) is 1.97. The van der Waals surface area contributed by atoms with Crippen molar-refractivity contribution in [2.45, 2.75) is 6.92 Å². The Bertz CT molecular complexity index is 1170. The lowest BCUT2D eigenvalue weighted by atomic mass is 10.0. The number of benzene rings is 3. The number of nitrogens with zero attached hydrogens (tertiary/aromatic N) is 1. The lowest BCUT2D eigenvalue weighted by molar-refractivity contribution is -0.120. The Labute approximate surface area is 180 Å². The molecule has 3 aromatic carbocycles. The summed E-state index contributed by atoms with van der Waals surface area (Å²) in [5.41, 5.74) is 3.24. The summed E-state index contributed by atoms with van der Waals surface area (Å²) >= 11 is 0. The minimum atomic E-state index is -0.434. The predicted molar refractivity (Wildman–Crippen MR) is 120 cm³/mol. The molecule has 0 bridgehead atoms. The van der Waals surface area contributed by atoms with Crippen LogP contribution in [-0.4, -0.2) is 26.0 Å². The summed E-state index contributed by atoms with van der Waals surface area (Å²) in [7, 11) is 3.10. The highest BCUT2D eigenvalue weighted by Crippen LogP contribution is 2.36. The number of rotatable bonds is 6. The number of nitrogens with one attached hydrogen (secondary N) is 1. The van der Waals surface area contributed by atoms with Gasteiger partial charge in [-0.1, -0.05) is 48.0 Å². The molecule has 6 heteroatoms. The predicted octanol–water partition coefficient (Wildman–Crippen LogP) is 4.41. The average molecular weight is 414 g/mol. The van der Waals surface area contributed by atoms with Gasteiger partial charge in [0, 0.05) is 6.07 Å². The average Bonchev–Trinajstić information content (AvgIpc) is 3.04. The van der Waals surface area contributed by atoms with Crippen molar-refractivity contribution in [3.8, 4) is 11.5 Å². The molecule has 1 heterocycles.